The lowest BCUT2D eigenvalue weighted by molar-refractivity contribution is -0.132. The van der Waals surface area contributed by atoms with Gasteiger partial charge in [-0.05, 0) is 30.2 Å². The molecule has 0 saturated carbocycles. The van der Waals surface area contributed by atoms with E-state index in [0.717, 1.165) is 30.0 Å². The van der Waals surface area contributed by atoms with Crippen LogP contribution in [0.2, 0.25) is 0 Å². The number of aryl methyl sites for hydroxylation is 1. The van der Waals surface area contributed by atoms with Crippen molar-refractivity contribution in [1.82, 2.24) is 14.7 Å². The van der Waals surface area contributed by atoms with E-state index < -0.39 is 0 Å². The van der Waals surface area contributed by atoms with Gasteiger partial charge in [-0.3, -0.25) is 9.48 Å². The Morgan fingerprint density at radius 3 is 2.81 bits per heavy atom. The van der Waals surface area contributed by atoms with Gasteiger partial charge in [0.15, 0.2) is 5.69 Å². The number of rotatable bonds is 4. The van der Waals surface area contributed by atoms with Crippen LogP contribution >= 0.6 is 0 Å². The Kier molecular flexibility index (Phi) is 4.75. The van der Waals surface area contributed by atoms with E-state index in [1.165, 1.54) is 0 Å². The van der Waals surface area contributed by atoms with Crippen molar-refractivity contribution in [3.8, 4) is 6.07 Å². The minimum Gasteiger partial charge on any atom is -0.469 e. The normalized spacial score (nSPS) is 14.9. The third kappa shape index (κ3) is 3.63. The molecule has 0 spiro atoms. The summed E-state index contributed by atoms with van der Waals surface area (Å²) in [4.78, 5) is 15.0. The molecule has 3 aromatic rings. The van der Waals surface area contributed by atoms with Gasteiger partial charge in [-0.1, -0.05) is 30.3 Å². The first-order valence-electron chi connectivity index (χ1n) is 9.07. The molecule has 3 heterocycles. The molecule has 1 atom stereocenters. The zero-order valence-electron chi connectivity index (χ0n) is 14.9. The number of fused-ring (bicyclic) bond motifs is 1. The predicted octanol–water partition coefficient (Wildman–Crippen LogP) is 3.30. The minimum absolute atomic E-state index is 0.0772. The number of amides is 1. The molecule has 6 nitrogen and oxygen atoms in total. The Balaban J connectivity index is 1.55. The Morgan fingerprint density at radius 2 is 2.07 bits per heavy atom. The number of furan rings is 1. The molecule has 6 heteroatoms. The third-order valence-corrected chi connectivity index (χ3v) is 4.95. The summed E-state index contributed by atoms with van der Waals surface area (Å²) in [5.41, 5.74) is 2.37. The van der Waals surface area contributed by atoms with Crippen LogP contribution in [0.1, 0.15) is 41.5 Å². The first-order chi connectivity index (χ1) is 13.2. The van der Waals surface area contributed by atoms with Crippen LogP contribution in [0.15, 0.2) is 59.2 Å². The lowest BCUT2D eigenvalue weighted by Crippen LogP contribution is -2.31. The second kappa shape index (κ2) is 7.50. The van der Waals surface area contributed by atoms with E-state index >= 15 is 0 Å². The van der Waals surface area contributed by atoms with E-state index in [0.29, 0.717) is 25.2 Å². The van der Waals surface area contributed by atoms with Crippen molar-refractivity contribution in [2.75, 3.05) is 6.54 Å². The van der Waals surface area contributed by atoms with Crippen molar-refractivity contribution in [2.24, 2.45) is 0 Å². The summed E-state index contributed by atoms with van der Waals surface area (Å²) in [6.45, 7) is 1.89. The number of carbonyl (C=O) groups is 1. The second-order valence-electron chi connectivity index (χ2n) is 6.71. The number of aromatic nitrogens is 2. The number of nitriles is 1. The van der Waals surface area contributed by atoms with Crippen LogP contribution in [0.25, 0.3) is 0 Å². The van der Waals surface area contributed by atoms with Crippen molar-refractivity contribution in [1.29, 1.82) is 5.26 Å². The number of carbonyl (C=O) groups excluding carboxylic acids is 1. The van der Waals surface area contributed by atoms with E-state index in [1.807, 2.05) is 52.0 Å². The third-order valence-electron chi connectivity index (χ3n) is 4.95. The quantitative estimate of drug-likeness (QED) is 0.715. The molecule has 0 bridgehead atoms. The topological polar surface area (TPSA) is 75.1 Å². The summed E-state index contributed by atoms with van der Waals surface area (Å²) in [6, 6.07) is 17.6. The van der Waals surface area contributed by atoms with Gasteiger partial charge in [0.2, 0.25) is 5.91 Å². The molecule has 1 aliphatic rings. The zero-order chi connectivity index (χ0) is 18.6. The van der Waals surface area contributed by atoms with Crippen LogP contribution in [-0.2, 0) is 17.9 Å². The van der Waals surface area contributed by atoms with Crippen LogP contribution in [0, 0.1) is 11.3 Å². The smallest absolute Gasteiger partial charge is 0.223 e. The summed E-state index contributed by atoms with van der Waals surface area (Å²) >= 11 is 0. The molecule has 0 fully saturated rings. The Bertz CT molecular complexity index is 954. The van der Waals surface area contributed by atoms with Crippen LogP contribution in [-0.4, -0.2) is 27.1 Å². The van der Waals surface area contributed by atoms with E-state index in [-0.39, 0.29) is 11.8 Å². The molecule has 0 N–H and O–H groups in total. The fraction of sp³-hybridized carbons (Fsp3) is 0.286. The van der Waals surface area contributed by atoms with Crippen molar-refractivity contribution in [3.63, 3.8) is 0 Å². The summed E-state index contributed by atoms with van der Waals surface area (Å²) in [5.74, 6) is 0.756. The van der Waals surface area contributed by atoms with Crippen molar-refractivity contribution < 1.29 is 9.21 Å². The highest BCUT2D eigenvalue weighted by molar-refractivity contribution is 5.77. The molecule has 0 saturated heterocycles. The molecule has 136 valence electrons. The molecule has 1 aromatic carbocycles. The van der Waals surface area contributed by atoms with Crippen molar-refractivity contribution >= 4 is 5.91 Å². The highest BCUT2D eigenvalue weighted by Crippen LogP contribution is 2.29. The van der Waals surface area contributed by atoms with Gasteiger partial charge >= 0.3 is 0 Å². The maximum absolute atomic E-state index is 13.1. The first-order valence-corrected chi connectivity index (χ1v) is 9.07. The second-order valence-corrected chi connectivity index (χ2v) is 6.71. The summed E-state index contributed by atoms with van der Waals surface area (Å²) < 4.78 is 7.46. The number of hydrogen-bond donors (Lipinski definition) is 0. The van der Waals surface area contributed by atoms with Gasteiger partial charge in [0.1, 0.15) is 11.8 Å². The molecular weight excluding hydrogens is 340 g/mol. The van der Waals surface area contributed by atoms with Gasteiger partial charge in [-0.25, -0.2) is 0 Å². The average molecular weight is 360 g/mol. The van der Waals surface area contributed by atoms with Gasteiger partial charge in [0.05, 0.1) is 24.4 Å². The molecule has 1 amide bonds. The Morgan fingerprint density at radius 1 is 1.22 bits per heavy atom. The van der Waals surface area contributed by atoms with Crippen molar-refractivity contribution in [3.05, 3.63) is 77.5 Å². The van der Waals surface area contributed by atoms with Crippen LogP contribution in [0.4, 0.5) is 0 Å². The SMILES string of the molecule is N#Cc1cc2n(n1)CCCN(C(=O)C[C@H](c1ccccc1)c1ccco1)C2. The van der Waals surface area contributed by atoms with Crippen molar-refractivity contribution in [2.45, 2.75) is 31.8 Å². The van der Waals surface area contributed by atoms with E-state index in [2.05, 4.69) is 11.2 Å². The fourth-order valence-electron chi connectivity index (χ4n) is 3.59. The standard InChI is InChI=1S/C21H20N4O2/c22-14-17-12-18-15-24(9-5-10-25(18)23-17)21(26)13-19(20-8-4-11-27-20)16-6-2-1-3-7-16/h1-4,6-8,11-12,19H,5,9-10,13,15H2/t19-/m1/s1. The average Bonchev–Trinajstić information content (AvgIpc) is 3.32. The summed E-state index contributed by atoms with van der Waals surface area (Å²) in [6.07, 6.45) is 2.81. The van der Waals surface area contributed by atoms with Crippen LogP contribution < -0.4 is 0 Å². The van der Waals surface area contributed by atoms with E-state index in [9.17, 15) is 4.79 Å². The molecule has 0 aliphatic carbocycles. The van der Waals surface area contributed by atoms with Gasteiger partial charge in [0.25, 0.3) is 0 Å². The van der Waals surface area contributed by atoms with Gasteiger partial charge < -0.3 is 9.32 Å². The lowest BCUT2D eigenvalue weighted by Gasteiger charge is -2.23. The zero-order valence-corrected chi connectivity index (χ0v) is 14.9. The van der Waals surface area contributed by atoms with Crippen LogP contribution in [0.5, 0.6) is 0 Å². The molecule has 0 radical (unpaired) electrons. The Hall–Kier alpha value is -3.33. The maximum atomic E-state index is 13.1. The first kappa shape index (κ1) is 17.1. The number of nitrogens with zero attached hydrogens (tertiary/aromatic N) is 4. The summed E-state index contributed by atoms with van der Waals surface area (Å²) in [5, 5.41) is 13.3. The number of hydrogen-bond acceptors (Lipinski definition) is 4. The highest BCUT2D eigenvalue weighted by atomic mass is 16.3. The van der Waals surface area contributed by atoms with E-state index in [1.54, 1.807) is 12.3 Å². The maximum Gasteiger partial charge on any atom is 0.223 e. The molecule has 0 unspecified atom stereocenters. The molecule has 4 rings (SSSR count). The van der Waals surface area contributed by atoms with Crippen LogP contribution in [0.3, 0.4) is 0 Å². The highest BCUT2D eigenvalue weighted by Gasteiger charge is 2.26. The monoisotopic (exact) mass is 360 g/mol. The number of benzene rings is 1. The molecule has 27 heavy (non-hydrogen) atoms. The molecule has 1 aliphatic heterocycles. The fourth-order valence-corrected chi connectivity index (χ4v) is 3.59. The largest absolute Gasteiger partial charge is 0.469 e. The predicted molar refractivity (Wildman–Crippen MR) is 98.6 cm³/mol. The lowest BCUT2D eigenvalue weighted by atomic mass is 9.92. The minimum atomic E-state index is -0.114. The summed E-state index contributed by atoms with van der Waals surface area (Å²) in [7, 11) is 0. The van der Waals surface area contributed by atoms with Gasteiger partial charge in [-0.15, -0.1) is 0 Å². The van der Waals surface area contributed by atoms with Gasteiger partial charge in [0, 0.05) is 19.5 Å². The molecular formula is C21H20N4O2. The van der Waals surface area contributed by atoms with Gasteiger partial charge in [-0.2, -0.15) is 10.4 Å². The Labute approximate surface area is 157 Å². The molecule has 2 aromatic heterocycles. The van der Waals surface area contributed by atoms with E-state index in [4.69, 9.17) is 9.68 Å².